The van der Waals surface area contributed by atoms with Crippen molar-refractivity contribution in [2.24, 2.45) is 0 Å². The molecule has 0 bridgehead atoms. The van der Waals surface area contributed by atoms with Crippen molar-refractivity contribution in [2.75, 3.05) is 17.7 Å². The Hall–Kier alpha value is -7.60. The number of benzene rings is 6. The number of halogens is 2. The van der Waals surface area contributed by atoms with Crippen LogP contribution in [0.4, 0.5) is 21.2 Å². The van der Waals surface area contributed by atoms with E-state index in [4.69, 9.17) is 52.1 Å². The van der Waals surface area contributed by atoms with Crippen LogP contribution in [0, 0.1) is 5.92 Å². The van der Waals surface area contributed by atoms with Crippen molar-refractivity contribution in [3.63, 3.8) is 0 Å². The molecule has 2 atom stereocenters. The molecule has 2 aliphatic carbocycles. The molecule has 2 aromatic heterocycles. The van der Waals surface area contributed by atoms with Crippen LogP contribution in [0.2, 0.25) is 10.0 Å². The standard InChI is InChI=1S/C27H23ClN4O4.C26H22ClN4O2.CO2.CH4O.2CH4.Na/c1-18(23-4-2-3-5-24(23)28)36-26(34)30-25-16-29-31-32(25)22-12-8-20(9-13-22)19-6-10-21(11-7-19)27(14-15-27)35-17-33;1-17(23-4-2-3-5-24(23)27)33-26(32)29-25-16-28-30-31(25)22-14-12-21(13-15-22)20-10-8-19(9-11-20)18-6-7-18;2-1-3;1-2;;;/h2-13,16-18H,14-15H2,1H3,(H,30,34);2-5,8-17H,6-7H2,1H3,(H,29,32);;2H,1H3;2*1H4;/q;-1;;;;;+1/t18-;17-;;;;;/m11...../s1. The van der Waals surface area contributed by atoms with Crippen LogP contribution in [0.25, 0.3) is 33.6 Å². The van der Waals surface area contributed by atoms with Crippen molar-refractivity contribution < 1.29 is 72.8 Å². The van der Waals surface area contributed by atoms with E-state index in [2.05, 4.69) is 55.5 Å². The monoisotopic (exact) mass is 1090 g/mol. The Balaban J connectivity index is 0.000000297. The van der Waals surface area contributed by atoms with Gasteiger partial charge in [0.1, 0.15) is 17.8 Å². The van der Waals surface area contributed by atoms with Crippen molar-refractivity contribution in [1.82, 2.24) is 30.0 Å². The molecule has 8 aromatic rings. The van der Waals surface area contributed by atoms with Gasteiger partial charge in [-0.05, 0) is 90.9 Å². The van der Waals surface area contributed by atoms with Crippen LogP contribution < -0.4 is 40.2 Å². The number of aliphatic hydroxyl groups is 1. The molecule has 0 saturated heterocycles. The summed E-state index contributed by atoms with van der Waals surface area (Å²) in [5, 5.41) is 29.5. The molecule has 2 heterocycles. The zero-order valence-electron chi connectivity index (χ0n) is 41.2. The molecule has 77 heavy (non-hydrogen) atoms. The average Bonchev–Trinajstić information content (AvgIpc) is 4.33. The van der Waals surface area contributed by atoms with E-state index < -0.39 is 30.0 Å². The summed E-state index contributed by atoms with van der Waals surface area (Å²) in [6.07, 6.45) is 5.00. The second-order valence-electron chi connectivity index (χ2n) is 16.6. The first-order valence-corrected chi connectivity index (χ1v) is 23.8. The molecular weight excluding hydrogens is 1030 g/mol. The fourth-order valence-corrected chi connectivity index (χ4v) is 8.41. The molecule has 2 fully saturated rings. The molecule has 2 saturated carbocycles. The van der Waals surface area contributed by atoms with Crippen molar-refractivity contribution in [1.29, 1.82) is 0 Å². The predicted molar refractivity (Wildman–Crippen MR) is 290 cm³/mol. The quantitative estimate of drug-likeness (QED) is 0.0400. The predicted octanol–water partition coefficient (Wildman–Crippen LogP) is 9.97. The van der Waals surface area contributed by atoms with Gasteiger partial charge in [0.25, 0.3) is 6.47 Å². The van der Waals surface area contributed by atoms with E-state index in [1.54, 1.807) is 30.7 Å². The van der Waals surface area contributed by atoms with Gasteiger partial charge in [0.2, 0.25) is 0 Å². The molecular formula is C57H57Cl2N8NaO9. The Labute approximate surface area is 479 Å². The Bertz CT molecular complexity index is 3180. The van der Waals surface area contributed by atoms with Crippen LogP contribution in [-0.4, -0.2) is 67.0 Å². The Morgan fingerprint density at radius 3 is 1.35 bits per heavy atom. The van der Waals surface area contributed by atoms with Crippen LogP contribution in [0.3, 0.4) is 0 Å². The van der Waals surface area contributed by atoms with E-state index in [1.165, 1.54) is 41.4 Å². The first-order chi connectivity index (χ1) is 36.0. The normalized spacial score (nSPS) is 12.7. The van der Waals surface area contributed by atoms with Crippen LogP contribution >= 0.6 is 23.2 Å². The second-order valence-corrected chi connectivity index (χ2v) is 17.4. The second kappa shape index (κ2) is 29.6. The van der Waals surface area contributed by atoms with Crippen LogP contribution in [0.1, 0.15) is 88.8 Å². The summed E-state index contributed by atoms with van der Waals surface area (Å²) >= 11 is 12.4. The van der Waals surface area contributed by atoms with Gasteiger partial charge in [-0.3, -0.25) is 15.4 Å². The number of nitrogens with one attached hydrogen (secondary N) is 2. The number of carbonyl (C=O) groups excluding carboxylic acids is 5. The van der Waals surface area contributed by atoms with Gasteiger partial charge in [0, 0.05) is 28.3 Å². The summed E-state index contributed by atoms with van der Waals surface area (Å²) in [4.78, 5) is 52.0. The number of rotatable bonds is 14. The topological polar surface area (TPSA) is 219 Å². The average molecular weight is 1090 g/mol. The molecule has 10 rings (SSSR count). The molecule has 6 aromatic carbocycles. The fraction of sp³-hybridized carbons (Fsp3) is 0.211. The third-order valence-electron chi connectivity index (χ3n) is 11.9. The number of carbonyl (C=O) groups is 3. The van der Waals surface area contributed by atoms with Crippen molar-refractivity contribution >= 4 is 59.6 Å². The van der Waals surface area contributed by atoms with E-state index in [0.717, 1.165) is 64.7 Å². The van der Waals surface area contributed by atoms with Gasteiger partial charge < -0.3 is 19.3 Å². The van der Waals surface area contributed by atoms with Crippen LogP contribution in [0.15, 0.2) is 158 Å². The van der Waals surface area contributed by atoms with E-state index in [9.17, 15) is 14.4 Å². The van der Waals surface area contributed by atoms with E-state index >= 15 is 0 Å². The van der Waals surface area contributed by atoms with E-state index in [-0.39, 0.29) is 50.6 Å². The zero-order chi connectivity index (χ0) is 52.6. The number of ether oxygens (including phenoxy) is 3. The molecule has 2 aliphatic rings. The molecule has 17 nitrogen and oxygen atoms in total. The zero-order valence-corrected chi connectivity index (χ0v) is 44.7. The molecule has 0 unspecified atom stereocenters. The third-order valence-corrected chi connectivity index (χ3v) is 12.6. The van der Waals surface area contributed by atoms with Gasteiger partial charge in [-0.2, -0.15) is 42.6 Å². The number of hydrogen-bond donors (Lipinski definition) is 3. The van der Waals surface area contributed by atoms with Crippen molar-refractivity contribution in [3.05, 3.63) is 196 Å². The minimum atomic E-state index is -0.644. The number of anilines is 2. The maximum Gasteiger partial charge on any atom is 1.00 e. The van der Waals surface area contributed by atoms with Gasteiger partial charge >= 0.3 is 47.9 Å². The summed E-state index contributed by atoms with van der Waals surface area (Å²) in [5.74, 6) is 2.31. The minimum absolute atomic E-state index is 0. The molecule has 394 valence electrons. The number of nitrogens with zero attached hydrogens (tertiary/aromatic N) is 6. The Morgan fingerprint density at radius 2 is 1.00 bits per heavy atom. The SMILES string of the molecule is C.C.CO.C[C@@H](OC(=O)Nc1cnnn1-c1ccc(-c2ccc(C3(OC=O)CC3)cc2)cc1)c1ccccc1Cl.C[C@@H](OC(=O)Nc1cnnn1-c1ccc(-c2ccc([C-]3CC3)cc2)cc1)c1ccccc1Cl.O=C=O.[Na+]. The fourth-order valence-electron chi connectivity index (χ4n) is 7.83. The van der Waals surface area contributed by atoms with Gasteiger partial charge in [0.15, 0.2) is 11.6 Å². The van der Waals surface area contributed by atoms with Crippen LogP contribution in [0.5, 0.6) is 0 Å². The molecule has 20 heteroatoms. The maximum atomic E-state index is 12.5. The summed E-state index contributed by atoms with van der Waals surface area (Å²) in [6.45, 7) is 4.04. The molecule has 0 radical (unpaired) electrons. The summed E-state index contributed by atoms with van der Waals surface area (Å²) in [7, 11) is 1.00. The van der Waals surface area contributed by atoms with E-state index in [0.29, 0.717) is 33.7 Å². The summed E-state index contributed by atoms with van der Waals surface area (Å²) in [6, 6.07) is 46.8. The van der Waals surface area contributed by atoms with Gasteiger partial charge in [-0.1, -0.05) is 146 Å². The Morgan fingerprint density at radius 1 is 0.636 bits per heavy atom. The summed E-state index contributed by atoms with van der Waals surface area (Å²) < 4.78 is 19.3. The minimum Gasteiger partial charge on any atom is -0.456 e. The summed E-state index contributed by atoms with van der Waals surface area (Å²) in [5.41, 5.74) is 9.13. The van der Waals surface area contributed by atoms with E-state index in [1.807, 2.05) is 109 Å². The van der Waals surface area contributed by atoms with Crippen molar-refractivity contribution in [3.8, 4) is 33.6 Å². The molecule has 2 amide bonds. The van der Waals surface area contributed by atoms with Gasteiger partial charge in [-0.15, -0.1) is 22.3 Å². The first kappa shape index (κ1) is 61.9. The number of hydrogen-bond acceptors (Lipinski definition) is 13. The number of aromatic nitrogens is 6. The largest absolute Gasteiger partial charge is 1.00 e. The van der Waals surface area contributed by atoms with Crippen molar-refractivity contribution in [2.45, 2.75) is 72.2 Å². The van der Waals surface area contributed by atoms with Crippen LogP contribution in [-0.2, 0) is 34.2 Å². The number of amides is 2. The van der Waals surface area contributed by atoms with Gasteiger partial charge in [0.05, 0.1) is 23.8 Å². The first-order valence-electron chi connectivity index (χ1n) is 23.1. The molecule has 3 N–H and O–H groups in total. The smallest absolute Gasteiger partial charge is 0.456 e. The maximum absolute atomic E-state index is 12.5. The molecule has 0 spiro atoms. The van der Waals surface area contributed by atoms with Gasteiger partial charge in [-0.25, -0.2) is 9.59 Å². The third kappa shape index (κ3) is 16.2. The Kier molecular flexibility index (Phi) is 23.8. The molecule has 0 aliphatic heterocycles. The number of aliphatic hydroxyl groups excluding tert-OH is 1.